The minimum Gasteiger partial charge on any atom is -0.359 e. The van der Waals surface area contributed by atoms with Crippen molar-refractivity contribution in [1.29, 1.82) is 0 Å². The molecule has 1 fully saturated rings. The number of carbonyl (C=O) groups excluding carboxylic acids is 2. The van der Waals surface area contributed by atoms with Crippen LogP contribution in [0.15, 0.2) is 29.3 Å². The minimum atomic E-state index is -0.0254. The van der Waals surface area contributed by atoms with Crippen molar-refractivity contribution in [2.24, 2.45) is 10.9 Å². The summed E-state index contributed by atoms with van der Waals surface area (Å²) in [6.45, 7) is 5.23. The first-order valence-electron chi connectivity index (χ1n) is 10.3. The fraction of sp³-hybridized carbons (Fsp3) is 0.571. The Morgan fingerprint density at radius 3 is 2.43 bits per heavy atom. The van der Waals surface area contributed by atoms with Gasteiger partial charge in [-0.3, -0.25) is 14.6 Å². The van der Waals surface area contributed by atoms with Crippen LogP contribution in [0.1, 0.15) is 39.0 Å². The molecule has 1 aliphatic heterocycles. The molecule has 0 bridgehead atoms. The van der Waals surface area contributed by atoms with Gasteiger partial charge in [0.25, 0.3) is 0 Å². The van der Waals surface area contributed by atoms with Crippen molar-refractivity contribution in [2.75, 3.05) is 38.5 Å². The number of aliphatic imine (C=N–C) groups is 1. The van der Waals surface area contributed by atoms with E-state index >= 15 is 0 Å². The number of halogens is 2. The standard InChI is InChI=1S/C21H32ClN5O2.HI/c1-3-24-21(27-13-10-16(11-14-27)15-20(29)23-2)25-12-4-5-19(28)26-18-8-6-17(22)7-9-18;/h6-9,16H,3-5,10-15H2,1-2H3,(H,23,29)(H,24,25)(H,26,28);1H. The van der Waals surface area contributed by atoms with Crippen LogP contribution in [0.4, 0.5) is 5.69 Å². The van der Waals surface area contributed by atoms with Crippen molar-refractivity contribution < 1.29 is 9.59 Å². The van der Waals surface area contributed by atoms with Gasteiger partial charge in [-0.25, -0.2) is 0 Å². The maximum Gasteiger partial charge on any atom is 0.224 e. The Bertz CT molecular complexity index is 691. The summed E-state index contributed by atoms with van der Waals surface area (Å²) >= 11 is 5.85. The van der Waals surface area contributed by atoms with Crippen molar-refractivity contribution in [3.63, 3.8) is 0 Å². The first kappa shape index (κ1) is 26.5. The number of amides is 2. The SMILES string of the molecule is CCNC(=NCCCC(=O)Nc1ccc(Cl)cc1)N1CCC(CC(=O)NC)CC1.I. The summed E-state index contributed by atoms with van der Waals surface area (Å²) < 4.78 is 0. The van der Waals surface area contributed by atoms with Crippen LogP contribution in [-0.4, -0.2) is 55.9 Å². The summed E-state index contributed by atoms with van der Waals surface area (Å²) in [5.74, 6) is 1.41. The summed E-state index contributed by atoms with van der Waals surface area (Å²) in [5.41, 5.74) is 0.746. The highest BCUT2D eigenvalue weighted by Crippen LogP contribution is 2.20. The molecule has 3 N–H and O–H groups in total. The van der Waals surface area contributed by atoms with E-state index in [1.54, 1.807) is 31.3 Å². The molecular formula is C21H33ClIN5O2. The van der Waals surface area contributed by atoms with Crippen LogP contribution in [0.5, 0.6) is 0 Å². The van der Waals surface area contributed by atoms with Gasteiger partial charge < -0.3 is 20.9 Å². The summed E-state index contributed by atoms with van der Waals surface area (Å²) in [5, 5.41) is 9.55. The zero-order chi connectivity index (χ0) is 21.1. The Kier molecular flexibility index (Phi) is 12.8. The monoisotopic (exact) mass is 549 g/mol. The highest BCUT2D eigenvalue weighted by molar-refractivity contribution is 14.0. The third kappa shape index (κ3) is 9.51. The van der Waals surface area contributed by atoms with E-state index in [4.69, 9.17) is 11.6 Å². The predicted molar refractivity (Wildman–Crippen MR) is 134 cm³/mol. The van der Waals surface area contributed by atoms with E-state index in [-0.39, 0.29) is 35.8 Å². The molecule has 1 aromatic rings. The number of rotatable bonds is 8. The lowest BCUT2D eigenvalue weighted by atomic mass is 9.93. The Balaban J connectivity index is 0.00000450. The second kappa shape index (κ2) is 14.5. The minimum absolute atomic E-state index is 0. The van der Waals surface area contributed by atoms with Gasteiger partial charge >= 0.3 is 0 Å². The van der Waals surface area contributed by atoms with Crippen molar-refractivity contribution in [2.45, 2.75) is 39.0 Å². The Morgan fingerprint density at radius 1 is 1.17 bits per heavy atom. The lowest BCUT2D eigenvalue weighted by Crippen LogP contribution is -2.46. The molecule has 0 atom stereocenters. The number of piperidine rings is 1. The van der Waals surface area contributed by atoms with E-state index in [1.165, 1.54) is 0 Å². The van der Waals surface area contributed by atoms with Crippen molar-refractivity contribution in [1.82, 2.24) is 15.5 Å². The number of hydrogen-bond acceptors (Lipinski definition) is 3. The molecule has 1 saturated heterocycles. The molecule has 168 valence electrons. The molecule has 9 heteroatoms. The van der Waals surface area contributed by atoms with Gasteiger partial charge in [0.05, 0.1) is 0 Å². The van der Waals surface area contributed by atoms with Gasteiger partial charge in [0, 0.05) is 56.8 Å². The number of anilines is 1. The lowest BCUT2D eigenvalue weighted by molar-refractivity contribution is -0.121. The van der Waals surface area contributed by atoms with E-state index in [1.807, 2.05) is 6.92 Å². The normalized spacial score (nSPS) is 14.6. The summed E-state index contributed by atoms with van der Waals surface area (Å²) in [6.07, 6.45) is 3.67. The van der Waals surface area contributed by atoms with Crippen LogP contribution in [-0.2, 0) is 9.59 Å². The molecule has 1 heterocycles. The van der Waals surface area contributed by atoms with E-state index in [0.717, 1.165) is 44.1 Å². The van der Waals surface area contributed by atoms with Gasteiger partial charge in [-0.15, -0.1) is 24.0 Å². The number of benzene rings is 1. The summed E-state index contributed by atoms with van der Waals surface area (Å²) in [4.78, 5) is 30.6. The van der Waals surface area contributed by atoms with Gasteiger partial charge in [-0.1, -0.05) is 11.6 Å². The number of guanidine groups is 1. The van der Waals surface area contributed by atoms with Crippen molar-refractivity contribution in [3.05, 3.63) is 29.3 Å². The van der Waals surface area contributed by atoms with E-state index in [2.05, 4.69) is 25.8 Å². The number of nitrogens with zero attached hydrogens (tertiary/aromatic N) is 2. The molecule has 2 rings (SSSR count). The molecule has 0 spiro atoms. The van der Waals surface area contributed by atoms with Gasteiger partial charge in [-0.2, -0.15) is 0 Å². The molecule has 0 saturated carbocycles. The van der Waals surface area contributed by atoms with Crippen LogP contribution in [0, 0.1) is 5.92 Å². The molecule has 0 aliphatic carbocycles. The average Bonchev–Trinajstić information content (AvgIpc) is 2.72. The molecule has 2 amide bonds. The van der Waals surface area contributed by atoms with Crippen LogP contribution < -0.4 is 16.0 Å². The molecule has 1 aliphatic rings. The highest BCUT2D eigenvalue weighted by Gasteiger charge is 2.23. The second-order valence-electron chi connectivity index (χ2n) is 7.20. The van der Waals surface area contributed by atoms with Gasteiger partial charge in [0.15, 0.2) is 5.96 Å². The fourth-order valence-corrected chi connectivity index (χ4v) is 3.45. The first-order valence-corrected chi connectivity index (χ1v) is 10.7. The number of hydrogen-bond donors (Lipinski definition) is 3. The number of carbonyl (C=O) groups is 2. The fourth-order valence-electron chi connectivity index (χ4n) is 3.32. The number of likely N-dealkylation sites (tertiary alicyclic amines) is 1. The third-order valence-corrected chi connectivity index (χ3v) is 5.21. The zero-order valence-corrected chi connectivity index (χ0v) is 20.8. The van der Waals surface area contributed by atoms with E-state index in [9.17, 15) is 9.59 Å². The lowest BCUT2D eigenvalue weighted by Gasteiger charge is -2.34. The molecule has 0 radical (unpaired) electrons. The van der Waals surface area contributed by atoms with Crippen molar-refractivity contribution >= 4 is 59.0 Å². The molecular weight excluding hydrogens is 517 g/mol. The van der Waals surface area contributed by atoms with E-state index in [0.29, 0.717) is 36.7 Å². The van der Waals surface area contributed by atoms with Gasteiger partial charge in [0.1, 0.15) is 0 Å². The molecule has 1 aromatic carbocycles. The van der Waals surface area contributed by atoms with Crippen LogP contribution in [0.2, 0.25) is 5.02 Å². The molecule has 0 aromatic heterocycles. The second-order valence-corrected chi connectivity index (χ2v) is 7.64. The first-order chi connectivity index (χ1) is 14.0. The molecule has 30 heavy (non-hydrogen) atoms. The topological polar surface area (TPSA) is 85.8 Å². The summed E-state index contributed by atoms with van der Waals surface area (Å²) in [7, 11) is 1.68. The maximum atomic E-state index is 12.1. The number of nitrogens with one attached hydrogen (secondary N) is 3. The van der Waals surface area contributed by atoms with Crippen LogP contribution in [0.25, 0.3) is 0 Å². The molecule has 7 nitrogen and oxygen atoms in total. The van der Waals surface area contributed by atoms with Gasteiger partial charge in [-0.05, 0) is 56.4 Å². The Hall–Kier alpha value is -1.55. The predicted octanol–water partition coefficient (Wildman–Crippen LogP) is 3.49. The third-order valence-electron chi connectivity index (χ3n) is 4.95. The quantitative estimate of drug-likeness (QED) is 0.201. The van der Waals surface area contributed by atoms with Crippen LogP contribution >= 0.6 is 35.6 Å². The van der Waals surface area contributed by atoms with E-state index < -0.39 is 0 Å². The largest absolute Gasteiger partial charge is 0.359 e. The Labute approximate surface area is 201 Å². The smallest absolute Gasteiger partial charge is 0.224 e. The zero-order valence-electron chi connectivity index (χ0n) is 17.7. The maximum absolute atomic E-state index is 12.1. The van der Waals surface area contributed by atoms with Crippen molar-refractivity contribution in [3.8, 4) is 0 Å². The van der Waals surface area contributed by atoms with Crippen LogP contribution in [0.3, 0.4) is 0 Å². The van der Waals surface area contributed by atoms with Gasteiger partial charge in [0.2, 0.25) is 11.8 Å². The Morgan fingerprint density at radius 2 is 1.83 bits per heavy atom. The summed E-state index contributed by atoms with van der Waals surface area (Å²) in [6, 6.07) is 7.08. The average molecular weight is 550 g/mol. The highest BCUT2D eigenvalue weighted by atomic mass is 127. The molecule has 0 unspecified atom stereocenters.